The average Bonchev–Trinajstić information content (AvgIpc) is 2.51. The van der Waals surface area contributed by atoms with Gasteiger partial charge in [-0.1, -0.05) is 15.9 Å². The van der Waals surface area contributed by atoms with E-state index >= 15 is 0 Å². The Bertz CT molecular complexity index is 452. The second-order valence-electron chi connectivity index (χ2n) is 3.96. The van der Waals surface area contributed by atoms with E-state index in [1.807, 2.05) is 0 Å². The predicted molar refractivity (Wildman–Crippen MR) is 60.3 cm³/mol. The molecular weight excluding hydrogens is 277 g/mol. The lowest BCUT2D eigenvalue weighted by molar-refractivity contribution is -0.143. The summed E-state index contributed by atoms with van der Waals surface area (Å²) in [6.45, 7) is 0.432. The van der Waals surface area contributed by atoms with Crippen LogP contribution in [0.15, 0.2) is 22.7 Å². The van der Waals surface area contributed by atoms with Crippen molar-refractivity contribution in [2.24, 2.45) is 0 Å². The van der Waals surface area contributed by atoms with Gasteiger partial charge >= 0.3 is 0 Å². The molecule has 2 rings (SSSR count). The van der Waals surface area contributed by atoms with Gasteiger partial charge in [0.2, 0.25) is 0 Å². The van der Waals surface area contributed by atoms with E-state index in [0.29, 0.717) is 11.0 Å². The van der Waals surface area contributed by atoms with E-state index in [9.17, 15) is 14.3 Å². The number of rotatable bonds is 1. The summed E-state index contributed by atoms with van der Waals surface area (Å²) >= 11 is 3.20. The Kier molecular flexibility index (Phi) is 2.75. The summed E-state index contributed by atoms with van der Waals surface area (Å²) in [7, 11) is 1.59. The minimum atomic E-state index is -1.72. The van der Waals surface area contributed by atoms with Gasteiger partial charge in [-0.25, -0.2) is 4.39 Å². The molecule has 0 spiro atoms. The molecule has 1 atom stereocenters. The van der Waals surface area contributed by atoms with Gasteiger partial charge in [0.1, 0.15) is 5.82 Å². The van der Waals surface area contributed by atoms with Crippen LogP contribution < -0.4 is 0 Å². The quantitative estimate of drug-likeness (QED) is 0.853. The van der Waals surface area contributed by atoms with E-state index in [4.69, 9.17) is 0 Å². The second-order valence-corrected chi connectivity index (χ2v) is 4.88. The zero-order valence-corrected chi connectivity index (χ0v) is 10.3. The summed E-state index contributed by atoms with van der Waals surface area (Å²) in [6, 6.07) is 4.22. The highest BCUT2D eigenvalue weighted by atomic mass is 79.9. The van der Waals surface area contributed by atoms with Crippen molar-refractivity contribution in [1.29, 1.82) is 0 Å². The van der Waals surface area contributed by atoms with Crippen LogP contribution in [0, 0.1) is 5.82 Å². The van der Waals surface area contributed by atoms with Crippen molar-refractivity contribution in [3.63, 3.8) is 0 Å². The number of likely N-dealkylation sites (N-methyl/N-ethyl adjacent to an activating group) is 1. The van der Waals surface area contributed by atoms with Gasteiger partial charge in [-0.3, -0.25) is 4.79 Å². The summed E-state index contributed by atoms with van der Waals surface area (Å²) < 4.78 is 14.3. The molecule has 1 amide bonds. The van der Waals surface area contributed by atoms with Crippen LogP contribution in [-0.2, 0) is 10.4 Å². The summed E-state index contributed by atoms with van der Waals surface area (Å²) in [5.41, 5.74) is -1.68. The van der Waals surface area contributed by atoms with E-state index in [0.717, 1.165) is 0 Å². The molecule has 1 aliphatic heterocycles. The number of benzene rings is 1. The van der Waals surface area contributed by atoms with E-state index in [-0.39, 0.29) is 12.0 Å². The molecule has 1 aliphatic rings. The number of halogens is 2. The van der Waals surface area contributed by atoms with E-state index in [2.05, 4.69) is 15.9 Å². The lowest BCUT2D eigenvalue weighted by atomic mass is 9.92. The lowest BCUT2D eigenvalue weighted by Crippen LogP contribution is -2.36. The first-order valence-electron chi connectivity index (χ1n) is 4.88. The molecule has 0 aromatic heterocycles. The fourth-order valence-electron chi connectivity index (χ4n) is 1.92. The summed E-state index contributed by atoms with van der Waals surface area (Å²) in [5.74, 6) is -1.01. The monoisotopic (exact) mass is 287 g/mol. The van der Waals surface area contributed by atoms with Crippen molar-refractivity contribution in [2.75, 3.05) is 13.6 Å². The molecule has 16 heavy (non-hydrogen) atoms. The van der Waals surface area contributed by atoms with Crippen LogP contribution in [0.5, 0.6) is 0 Å². The van der Waals surface area contributed by atoms with Crippen LogP contribution >= 0.6 is 15.9 Å². The molecule has 0 aliphatic carbocycles. The summed E-state index contributed by atoms with van der Waals surface area (Å²) in [4.78, 5) is 13.2. The predicted octanol–water partition coefficient (Wildman–Crippen LogP) is 1.64. The third-order valence-corrected chi connectivity index (χ3v) is 3.38. The number of aliphatic hydroxyl groups is 1. The Labute approximate surface area is 101 Å². The Morgan fingerprint density at radius 1 is 1.56 bits per heavy atom. The van der Waals surface area contributed by atoms with E-state index in [1.54, 1.807) is 7.05 Å². The number of hydrogen-bond acceptors (Lipinski definition) is 2. The molecule has 86 valence electrons. The standard InChI is InChI=1S/C11H11BrFNO2/c1-14-5-4-11(16,10(14)15)8-6-7(12)2-3-9(8)13/h2-3,6,16H,4-5H2,1H3/t11-/m1/s1. The Morgan fingerprint density at radius 3 is 2.81 bits per heavy atom. The minimum Gasteiger partial charge on any atom is -0.375 e. The van der Waals surface area contributed by atoms with Gasteiger partial charge in [-0.05, 0) is 18.2 Å². The summed E-state index contributed by atoms with van der Waals surface area (Å²) in [6.07, 6.45) is 0.218. The van der Waals surface area contributed by atoms with Crippen molar-refractivity contribution in [1.82, 2.24) is 4.90 Å². The fourth-order valence-corrected chi connectivity index (χ4v) is 2.28. The third kappa shape index (κ3) is 1.64. The molecule has 1 saturated heterocycles. The van der Waals surface area contributed by atoms with Gasteiger partial charge in [0.15, 0.2) is 5.60 Å². The molecule has 1 N–H and O–H groups in total. The molecule has 3 nitrogen and oxygen atoms in total. The van der Waals surface area contributed by atoms with Crippen LogP contribution in [0.4, 0.5) is 4.39 Å². The molecule has 1 heterocycles. The lowest BCUT2D eigenvalue weighted by Gasteiger charge is -2.21. The van der Waals surface area contributed by atoms with Crippen LogP contribution in [0.3, 0.4) is 0 Å². The maximum absolute atomic E-state index is 13.6. The number of amides is 1. The van der Waals surface area contributed by atoms with Crippen LogP contribution in [0.1, 0.15) is 12.0 Å². The Hall–Kier alpha value is -0.940. The SMILES string of the molecule is CN1CC[C@@](O)(c2cc(Br)ccc2F)C1=O. The molecule has 0 bridgehead atoms. The van der Waals surface area contributed by atoms with Crippen molar-refractivity contribution < 1.29 is 14.3 Å². The number of likely N-dealkylation sites (tertiary alicyclic amines) is 1. The Balaban J connectivity index is 2.51. The molecule has 1 fully saturated rings. The third-order valence-electron chi connectivity index (χ3n) is 2.88. The summed E-state index contributed by atoms with van der Waals surface area (Å²) in [5, 5.41) is 10.3. The first-order valence-corrected chi connectivity index (χ1v) is 5.68. The van der Waals surface area contributed by atoms with Gasteiger partial charge in [-0.2, -0.15) is 0 Å². The maximum Gasteiger partial charge on any atom is 0.259 e. The molecule has 0 unspecified atom stereocenters. The number of carbonyl (C=O) groups excluding carboxylic acids is 1. The molecule has 0 saturated carbocycles. The minimum absolute atomic E-state index is 0.0382. The molecule has 1 aromatic rings. The fraction of sp³-hybridized carbons (Fsp3) is 0.364. The number of hydrogen-bond donors (Lipinski definition) is 1. The highest BCUT2D eigenvalue weighted by Crippen LogP contribution is 2.35. The van der Waals surface area contributed by atoms with E-state index < -0.39 is 17.3 Å². The Morgan fingerprint density at radius 2 is 2.25 bits per heavy atom. The number of carbonyl (C=O) groups is 1. The smallest absolute Gasteiger partial charge is 0.259 e. The molecule has 1 aromatic carbocycles. The van der Waals surface area contributed by atoms with Gasteiger partial charge in [0.25, 0.3) is 5.91 Å². The highest BCUT2D eigenvalue weighted by molar-refractivity contribution is 9.10. The molecular formula is C11H11BrFNO2. The normalized spacial score (nSPS) is 25.2. The van der Waals surface area contributed by atoms with Crippen molar-refractivity contribution in [3.05, 3.63) is 34.1 Å². The maximum atomic E-state index is 13.6. The largest absolute Gasteiger partial charge is 0.375 e. The molecule has 0 radical (unpaired) electrons. The first kappa shape index (κ1) is 11.5. The van der Waals surface area contributed by atoms with Crippen LogP contribution in [0.2, 0.25) is 0 Å². The van der Waals surface area contributed by atoms with E-state index in [1.165, 1.54) is 23.1 Å². The van der Waals surface area contributed by atoms with Gasteiger partial charge in [0, 0.05) is 30.0 Å². The zero-order valence-electron chi connectivity index (χ0n) is 8.70. The average molecular weight is 288 g/mol. The van der Waals surface area contributed by atoms with Crippen molar-refractivity contribution in [2.45, 2.75) is 12.0 Å². The van der Waals surface area contributed by atoms with Gasteiger partial charge < -0.3 is 10.0 Å². The van der Waals surface area contributed by atoms with Gasteiger partial charge in [0.05, 0.1) is 0 Å². The number of nitrogens with zero attached hydrogens (tertiary/aromatic N) is 1. The first-order chi connectivity index (χ1) is 7.45. The van der Waals surface area contributed by atoms with Crippen molar-refractivity contribution >= 4 is 21.8 Å². The topological polar surface area (TPSA) is 40.5 Å². The highest BCUT2D eigenvalue weighted by Gasteiger charge is 2.46. The van der Waals surface area contributed by atoms with Crippen LogP contribution in [-0.4, -0.2) is 29.5 Å². The van der Waals surface area contributed by atoms with Crippen LogP contribution in [0.25, 0.3) is 0 Å². The second kappa shape index (κ2) is 3.82. The van der Waals surface area contributed by atoms with Crippen molar-refractivity contribution in [3.8, 4) is 0 Å². The zero-order chi connectivity index (χ0) is 11.9. The molecule has 5 heteroatoms. The van der Waals surface area contributed by atoms with Gasteiger partial charge in [-0.15, -0.1) is 0 Å².